The Morgan fingerprint density at radius 1 is 0.396 bits per heavy atom. The van der Waals surface area contributed by atoms with Crippen molar-refractivity contribution in [3.05, 3.63) is 151 Å². The van der Waals surface area contributed by atoms with E-state index in [4.69, 9.17) is 9.97 Å². The maximum absolute atomic E-state index is 5.37. The average Bonchev–Trinajstić information content (AvgIpc) is 3.11. The van der Waals surface area contributed by atoms with Crippen LogP contribution in [0.15, 0.2) is 140 Å². The predicted molar refractivity (Wildman–Crippen MR) is 202 cm³/mol. The van der Waals surface area contributed by atoms with Crippen LogP contribution in [0.2, 0.25) is 0 Å². The van der Waals surface area contributed by atoms with Gasteiger partial charge < -0.3 is 0 Å². The molecular weight excluding hydrogens is 583 g/mol. The van der Waals surface area contributed by atoms with Crippen molar-refractivity contribution in [2.24, 2.45) is 0 Å². The van der Waals surface area contributed by atoms with Gasteiger partial charge >= 0.3 is 0 Å². The number of benzene rings is 5. The van der Waals surface area contributed by atoms with Crippen molar-refractivity contribution in [3.8, 4) is 55.9 Å². The molecule has 0 saturated heterocycles. The highest BCUT2D eigenvalue weighted by atomic mass is 14.8. The van der Waals surface area contributed by atoms with E-state index >= 15 is 0 Å². The molecule has 236 valence electrons. The average molecular weight is 624 g/mol. The first-order chi connectivity index (χ1) is 23.0. The summed E-state index contributed by atoms with van der Waals surface area (Å²) >= 11 is 0. The Hall–Kier alpha value is -5.41. The van der Waals surface area contributed by atoms with Gasteiger partial charge in [-0.1, -0.05) is 151 Å². The molecule has 0 fully saturated rings. The quantitative estimate of drug-likeness (QED) is 0.191. The standard InChI is InChI=1S/C45H41N3/c1-44(2,3)36-22-18-31(19-23-36)38-27-40-41(28-39(38)32-20-24-37(25-21-32)45(4,5)6)48-43(42(47-40)33-11-8-7-9-12-33)34-16-14-30(15-17-34)35-13-10-26-46-29-35/h7-29H,1-6H3. The monoisotopic (exact) mass is 623 g/mol. The van der Waals surface area contributed by atoms with Gasteiger partial charge in [0.1, 0.15) is 0 Å². The third-order valence-electron chi connectivity index (χ3n) is 9.13. The van der Waals surface area contributed by atoms with Crippen LogP contribution in [0, 0.1) is 0 Å². The van der Waals surface area contributed by atoms with Gasteiger partial charge in [-0.3, -0.25) is 4.98 Å². The molecule has 0 unspecified atom stereocenters. The Labute approximate surface area is 284 Å². The van der Waals surface area contributed by atoms with Crippen LogP contribution < -0.4 is 0 Å². The van der Waals surface area contributed by atoms with Crippen LogP contribution in [-0.2, 0) is 10.8 Å². The van der Waals surface area contributed by atoms with Crippen molar-refractivity contribution < 1.29 is 0 Å². The fourth-order valence-electron chi connectivity index (χ4n) is 6.23. The summed E-state index contributed by atoms with van der Waals surface area (Å²) in [7, 11) is 0. The molecule has 0 aliphatic rings. The number of rotatable bonds is 5. The van der Waals surface area contributed by atoms with Crippen molar-refractivity contribution in [2.45, 2.75) is 52.4 Å². The number of aromatic nitrogens is 3. The highest BCUT2D eigenvalue weighted by Gasteiger charge is 2.19. The van der Waals surface area contributed by atoms with Gasteiger partial charge in [-0.15, -0.1) is 0 Å². The highest BCUT2D eigenvalue weighted by Crippen LogP contribution is 2.39. The van der Waals surface area contributed by atoms with Crippen molar-refractivity contribution in [3.63, 3.8) is 0 Å². The van der Waals surface area contributed by atoms with Crippen LogP contribution in [0.5, 0.6) is 0 Å². The first kappa shape index (κ1) is 31.2. The molecule has 3 nitrogen and oxygen atoms in total. The Morgan fingerprint density at radius 3 is 1.25 bits per heavy atom. The van der Waals surface area contributed by atoms with Crippen molar-refractivity contribution in [1.82, 2.24) is 15.0 Å². The SMILES string of the molecule is CC(C)(C)c1ccc(-c2cc3nc(-c4ccccc4)c(-c4ccc(-c5cccnc5)cc4)nc3cc2-c2ccc(C(C)(C)C)cc2)cc1. The molecule has 0 amide bonds. The summed E-state index contributed by atoms with van der Waals surface area (Å²) in [6.45, 7) is 13.5. The molecule has 0 radical (unpaired) electrons. The molecule has 48 heavy (non-hydrogen) atoms. The maximum Gasteiger partial charge on any atom is 0.0973 e. The summed E-state index contributed by atoms with van der Waals surface area (Å²) in [6, 6.07) is 45.5. The second-order valence-electron chi connectivity index (χ2n) is 14.6. The molecule has 2 heterocycles. The molecule has 2 aromatic heterocycles. The van der Waals surface area contributed by atoms with Gasteiger partial charge in [0.15, 0.2) is 0 Å². The van der Waals surface area contributed by atoms with Crippen LogP contribution >= 0.6 is 0 Å². The Bertz CT molecular complexity index is 2190. The molecule has 0 bridgehead atoms. The van der Waals surface area contributed by atoms with Crippen molar-refractivity contribution in [2.75, 3.05) is 0 Å². The molecule has 0 spiro atoms. The minimum Gasteiger partial charge on any atom is -0.264 e. The lowest BCUT2D eigenvalue weighted by Crippen LogP contribution is -2.10. The van der Waals surface area contributed by atoms with Gasteiger partial charge in [0.25, 0.3) is 0 Å². The van der Waals surface area contributed by atoms with E-state index in [1.165, 1.54) is 11.1 Å². The molecular formula is C45H41N3. The van der Waals surface area contributed by atoms with Crippen LogP contribution in [0.25, 0.3) is 66.9 Å². The molecule has 0 N–H and O–H groups in total. The molecule has 5 aromatic carbocycles. The van der Waals surface area contributed by atoms with Gasteiger partial charge in [0, 0.05) is 23.5 Å². The molecule has 7 rings (SSSR count). The van der Waals surface area contributed by atoms with E-state index in [0.29, 0.717) is 0 Å². The molecule has 0 aliphatic heterocycles. The Morgan fingerprint density at radius 2 is 0.812 bits per heavy atom. The van der Waals surface area contributed by atoms with E-state index in [9.17, 15) is 0 Å². The van der Waals surface area contributed by atoms with Gasteiger partial charge in [0.2, 0.25) is 0 Å². The van der Waals surface area contributed by atoms with Crippen LogP contribution in [-0.4, -0.2) is 15.0 Å². The van der Waals surface area contributed by atoms with Crippen LogP contribution in [0.3, 0.4) is 0 Å². The summed E-state index contributed by atoms with van der Waals surface area (Å²) in [5.74, 6) is 0. The van der Waals surface area contributed by atoms with E-state index < -0.39 is 0 Å². The minimum absolute atomic E-state index is 0.0777. The summed E-state index contributed by atoms with van der Waals surface area (Å²) in [4.78, 5) is 15.0. The molecule has 7 aromatic rings. The maximum atomic E-state index is 5.37. The second kappa shape index (κ2) is 12.3. The first-order valence-electron chi connectivity index (χ1n) is 16.7. The lowest BCUT2D eigenvalue weighted by atomic mass is 9.84. The predicted octanol–water partition coefficient (Wildman–Crippen LogP) is 12.0. The van der Waals surface area contributed by atoms with Gasteiger partial charge in [-0.25, -0.2) is 9.97 Å². The van der Waals surface area contributed by atoms with E-state index in [0.717, 1.165) is 66.9 Å². The fraction of sp³-hybridized carbons (Fsp3) is 0.178. The largest absolute Gasteiger partial charge is 0.264 e. The van der Waals surface area contributed by atoms with Gasteiger partial charge in [-0.2, -0.15) is 0 Å². The number of hydrogen-bond acceptors (Lipinski definition) is 3. The smallest absolute Gasteiger partial charge is 0.0973 e. The van der Waals surface area contributed by atoms with Gasteiger partial charge in [0.05, 0.1) is 22.4 Å². The topological polar surface area (TPSA) is 38.7 Å². The third-order valence-corrected chi connectivity index (χ3v) is 9.13. The molecule has 0 saturated carbocycles. The zero-order valence-electron chi connectivity index (χ0n) is 28.6. The Kier molecular flexibility index (Phi) is 8.01. The Balaban J connectivity index is 1.44. The van der Waals surface area contributed by atoms with Crippen LogP contribution in [0.4, 0.5) is 0 Å². The second-order valence-corrected chi connectivity index (χ2v) is 14.6. The van der Waals surface area contributed by atoms with Crippen molar-refractivity contribution in [1.29, 1.82) is 0 Å². The van der Waals surface area contributed by atoms with E-state index in [2.05, 4.69) is 162 Å². The van der Waals surface area contributed by atoms with E-state index in [1.807, 2.05) is 18.3 Å². The zero-order valence-corrected chi connectivity index (χ0v) is 28.6. The molecule has 3 heteroatoms. The van der Waals surface area contributed by atoms with Crippen LogP contribution in [0.1, 0.15) is 52.7 Å². The minimum atomic E-state index is 0.0777. The normalized spacial score (nSPS) is 12.0. The number of nitrogens with zero attached hydrogens (tertiary/aromatic N) is 3. The number of fused-ring (bicyclic) bond motifs is 1. The van der Waals surface area contributed by atoms with E-state index in [-0.39, 0.29) is 10.8 Å². The van der Waals surface area contributed by atoms with Crippen molar-refractivity contribution >= 4 is 11.0 Å². The summed E-state index contributed by atoms with van der Waals surface area (Å²) in [5.41, 5.74) is 15.1. The lowest BCUT2D eigenvalue weighted by molar-refractivity contribution is 0.590. The molecule has 0 atom stereocenters. The fourth-order valence-corrected chi connectivity index (χ4v) is 6.23. The molecule has 0 aliphatic carbocycles. The third kappa shape index (κ3) is 6.29. The number of pyridine rings is 1. The number of hydrogen-bond donors (Lipinski definition) is 0. The first-order valence-corrected chi connectivity index (χ1v) is 16.7. The summed E-state index contributed by atoms with van der Waals surface area (Å²) in [6.07, 6.45) is 3.69. The van der Waals surface area contributed by atoms with Gasteiger partial charge in [-0.05, 0) is 73.5 Å². The summed E-state index contributed by atoms with van der Waals surface area (Å²) < 4.78 is 0. The summed E-state index contributed by atoms with van der Waals surface area (Å²) in [5, 5.41) is 0. The lowest BCUT2D eigenvalue weighted by Gasteiger charge is -2.21. The zero-order chi connectivity index (χ0) is 33.5. The highest BCUT2D eigenvalue weighted by molar-refractivity contribution is 5.96. The van der Waals surface area contributed by atoms with E-state index in [1.54, 1.807) is 6.20 Å².